The Labute approximate surface area is 117 Å². The Morgan fingerprint density at radius 1 is 1.16 bits per heavy atom. The number of hydrogen-bond acceptors (Lipinski definition) is 2. The van der Waals surface area contributed by atoms with Crippen molar-refractivity contribution in [3.8, 4) is 0 Å². The van der Waals surface area contributed by atoms with Gasteiger partial charge in [0.05, 0.1) is 10.7 Å². The highest BCUT2D eigenvalue weighted by Crippen LogP contribution is 2.34. The molecule has 3 rings (SSSR count). The zero-order valence-corrected chi connectivity index (χ0v) is 11.3. The zero-order valence-electron chi connectivity index (χ0n) is 10.6. The normalized spacial score (nSPS) is 13.6. The maximum absolute atomic E-state index is 6.19. The van der Waals surface area contributed by atoms with Gasteiger partial charge in [0.1, 0.15) is 5.84 Å². The molecule has 2 aromatic rings. The first kappa shape index (κ1) is 12.0. The molecule has 0 atom stereocenters. The number of aliphatic imine (C=N–C) groups is 1. The molecule has 0 spiro atoms. The van der Waals surface area contributed by atoms with Crippen LogP contribution in [0.25, 0.3) is 5.70 Å². The van der Waals surface area contributed by atoms with Gasteiger partial charge in [0, 0.05) is 16.8 Å². The van der Waals surface area contributed by atoms with Crippen LogP contribution in [0.2, 0.25) is 5.02 Å². The van der Waals surface area contributed by atoms with E-state index in [1.807, 2.05) is 30.3 Å². The van der Waals surface area contributed by atoms with Crippen LogP contribution in [0.3, 0.4) is 0 Å². The van der Waals surface area contributed by atoms with Crippen LogP contribution < -0.4 is 5.32 Å². The summed E-state index contributed by atoms with van der Waals surface area (Å²) in [7, 11) is 0. The van der Waals surface area contributed by atoms with E-state index in [2.05, 4.69) is 35.9 Å². The summed E-state index contributed by atoms with van der Waals surface area (Å²) in [6.07, 6.45) is 0. The van der Waals surface area contributed by atoms with E-state index in [4.69, 9.17) is 11.6 Å². The zero-order chi connectivity index (χ0) is 13.4. The van der Waals surface area contributed by atoms with Crippen LogP contribution >= 0.6 is 11.6 Å². The molecule has 0 bridgehead atoms. The molecule has 0 aromatic heterocycles. The number of halogens is 1. The maximum Gasteiger partial charge on any atom is 0.138 e. The Morgan fingerprint density at radius 3 is 2.74 bits per heavy atom. The Morgan fingerprint density at radius 2 is 1.95 bits per heavy atom. The van der Waals surface area contributed by atoms with Crippen molar-refractivity contribution in [2.45, 2.75) is 6.92 Å². The molecule has 1 heterocycles. The van der Waals surface area contributed by atoms with E-state index in [0.717, 1.165) is 28.3 Å². The molecule has 1 aliphatic rings. The number of hydrogen-bond donors (Lipinski definition) is 1. The van der Waals surface area contributed by atoms with Crippen molar-refractivity contribution in [1.29, 1.82) is 0 Å². The highest BCUT2D eigenvalue weighted by atomic mass is 35.5. The number of amidine groups is 1. The van der Waals surface area contributed by atoms with E-state index < -0.39 is 0 Å². The third-order valence-corrected chi connectivity index (χ3v) is 3.40. The highest BCUT2D eigenvalue weighted by Gasteiger charge is 2.18. The van der Waals surface area contributed by atoms with Crippen LogP contribution in [0.4, 0.5) is 5.69 Å². The molecule has 2 aromatic carbocycles. The molecular formula is C16H13ClN2. The van der Waals surface area contributed by atoms with Crippen LogP contribution in [-0.4, -0.2) is 5.84 Å². The summed E-state index contributed by atoms with van der Waals surface area (Å²) >= 11 is 6.19. The average Bonchev–Trinajstić information content (AvgIpc) is 2.38. The number of nitrogens with zero attached hydrogens (tertiary/aromatic N) is 1. The lowest BCUT2D eigenvalue weighted by Crippen LogP contribution is -2.25. The van der Waals surface area contributed by atoms with Gasteiger partial charge in [-0.1, -0.05) is 48.0 Å². The summed E-state index contributed by atoms with van der Waals surface area (Å²) in [5, 5.41) is 3.90. The minimum Gasteiger partial charge on any atom is -0.340 e. The summed E-state index contributed by atoms with van der Waals surface area (Å²) in [6, 6.07) is 13.9. The molecule has 3 heteroatoms. The molecule has 0 saturated heterocycles. The van der Waals surface area contributed by atoms with Gasteiger partial charge in [-0.2, -0.15) is 0 Å². The number of benzene rings is 2. The molecule has 19 heavy (non-hydrogen) atoms. The van der Waals surface area contributed by atoms with E-state index >= 15 is 0 Å². The predicted octanol–water partition coefficient (Wildman–Crippen LogP) is 4.30. The van der Waals surface area contributed by atoms with Crippen molar-refractivity contribution in [3.05, 3.63) is 70.8 Å². The third-order valence-electron chi connectivity index (χ3n) is 3.09. The van der Waals surface area contributed by atoms with E-state index in [-0.39, 0.29) is 0 Å². The highest BCUT2D eigenvalue weighted by molar-refractivity contribution is 6.33. The summed E-state index contributed by atoms with van der Waals surface area (Å²) < 4.78 is 0. The van der Waals surface area contributed by atoms with E-state index in [1.54, 1.807) is 0 Å². The average molecular weight is 269 g/mol. The molecule has 0 unspecified atom stereocenters. The molecule has 1 aliphatic heterocycles. The van der Waals surface area contributed by atoms with Gasteiger partial charge in [0.25, 0.3) is 0 Å². The van der Waals surface area contributed by atoms with Gasteiger partial charge in [-0.3, -0.25) is 0 Å². The predicted molar refractivity (Wildman–Crippen MR) is 81.0 cm³/mol. The van der Waals surface area contributed by atoms with Gasteiger partial charge in [0.15, 0.2) is 0 Å². The lowest BCUT2D eigenvalue weighted by molar-refractivity contribution is 1.22. The second-order valence-electron chi connectivity index (χ2n) is 4.57. The monoisotopic (exact) mass is 268 g/mol. The van der Waals surface area contributed by atoms with Crippen molar-refractivity contribution in [3.63, 3.8) is 0 Å². The quantitative estimate of drug-likeness (QED) is 0.819. The fraction of sp³-hybridized carbons (Fsp3) is 0.0625. The first-order valence-electron chi connectivity index (χ1n) is 6.06. The first-order valence-corrected chi connectivity index (χ1v) is 6.43. The Balaban J connectivity index is 2.14. The molecule has 0 aliphatic carbocycles. The Hall–Kier alpha value is -2.06. The number of nitrogens with one attached hydrogen (secondary N) is 1. The standard InChI is InChI=1S/C16H13ClN2/c1-10-5-3-6-12(9-10)16-18-11(2)15-13(17)7-4-8-14(15)19-16/h3-9H,2H2,1H3,(H,18,19). The Kier molecular flexibility index (Phi) is 2.88. The van der Waals surface area contributed by atoms with Crippen molar-refractivity contribution in [1.82, 2.24) is 5.32 Å². The molecule has 0 saturated carbocycles. The molecule has 0 fully saturated rings. The topological polar surface area (TPSA) is 24.4 Å². The van der Waals surface area contributed by atoms with Crippen molar-refractivity contribution in [2.24, 2.45) is 4.99 Å². The number of rotatable bonds is 1. The van der Waals surface area contributed by atoms with Crippen LogP contribution in [-0.2, 0) is 0 Å². The fourth-order valence-electron chi connectivity index (χ4n) is 2.19. The third kappa shape index (κ3) is 2.15. The van der Waals surface area contributed by atoms with Gasteiger partial charge in [-0.05, 0) is 25.1 Å². The summed E-state index contributed by atoms with van der Waals surface area (Å²) in [6.45, 7) is 6.10. The minimum absolute atomic E-state index is 0.669. The first-order chi connectivity index (χ1) is 9.15. The number of fused-ring (bicyclic) bond motifs is 1. The lowest BCUT2D eigenvalue weighted by atomic mass is 10.1. The maximum atomic E-state index is 6.19. The molecule has 0 amide bonds. The van der Waals surface area contributed by atoms with Crippen LogP contribution in [0.5, 0.6) is 0 Å². The van der Waals surface area contributed by atoms with Gasteiger partial charge < -0.3 is 5.32 Å². The molecule has 0 radical (unpaired) electrons. The lowest BCUT2D eigenvalue weighted by Gasteiger charge is -2.21. The van der Waals surface area contributed by atoms with Crippen LogP contribution in [0.15, 0.2) is 54.0 Å². The van der Waals surface area contributed by atoms with Crippen molar-refractivity contribution in [2.75, 3.05) is 0 Å². The smallest absolute Gasteiger partial charge is 0.138 e. The van der Waals surface area contributed by atoms with E-state index in [1.165, 1.54) is 5.56 Å². The largest absolute Gasteiger partial charge is 0.340 e. The summed E-state index contributed by atoms with van der Waals surface area (Å²) in [4.78, 5) is 4.63. The summed E-state index contributed by atoms with van der Waals surface area (Å²) in [5.41, 5.74) is 4.76. The second-order valence-corrected chi connectivity index (χ2v) is 4.97. The second kappa shape index (κ2) is 4.56. The van der Waals surface area contributed by atoms with Gasteiger partial charge in [0.2, 0.25) is 0 Å². The number of aryl methyl sites for hydroxylation is 1. The molecule has 1 N–H and O–H groups in total. The van der Waals surface area contributed by atoms with Crippen molar-refractivity contribution < 1.29 is 0 Å². The molecular weight excluding hydrogens is 256 g/mol. The van der Waals surface area contributed by atoms with Gasteiger partial charge in [-0.25, -0.2) is 4.99 Å². The van der Waals surface area contributed by atoms with E-state index in [0.29, 0.717) is 5.02 Å². The summed E-state index contributed by atoms with van der Waals surface area (Å²) in [5.74, 6) is 0.809. The van der Waals surface area contributed by atoms with Gasteiger partial charge in [-0.15, -0.1) is 0 Å². The molecule has 2 nitrogen and oxygen atoms in total. The van der Waals surface area contributed by atoms with Crippen LogP contribution in [0.1, 0.15) is 16.7 Å². The van der Waals surface area contributed by atoms with E-state index in [9.17, 15) is 0 Å². The minimum atomic E-state index is 0.669. The van der Waals surface area contributed by atoms with Gasteiger partial charge >= 0.3 is 0 Å². The van der Waals surface area contributed by atoms with Crippen LogP contribution in [0, 0.1) is 6.92 Å². The SMILES string of the molecule is C=C1NC(c2cccc(C)c2)=Nc2cccc(Cl)c21. The van der Waals surface area contributed by atoms with Crippen molar-refractivity contribution >= 4 is 28.8 Å². The molecule has 94 valence electrons. The Bertz CT molecular complexity index is 702. The fourth-order valence-corrected chi connectivity index (χ4v) is 2.47.